The Bertz CT molecular complexity index is 767. The molecule has 128 valence electrons. The third-order valence-corrected chi connectivity index (χ3v) is 4.60. The Hall–Kier alpha value is -2.73. The highest BCUT2D eigenvalue weighted by molar-refractivity contribution is 5.34. The first-order valence-electron chi connectivity index (χ1n) is 8.66. The third-order valence-electron chi connectivity index (χ3n) is 4.60. The third kappa shape index (κ3) is 3.69. The molecule has 2 aromatic carbocycles. The Balaban J connectivity index is 1.57. The van der Waals surface area contributed by atoms with Crippen LogP contribution in [0.5, 0.6) is 11.5 Å². The minimum Gasteiger partial charge on any atom is -0.457 e. The SMILES string of the molecule is c1ccc(Oc2ccc(C([C@H]3CCCNC3)n3ncnn3)cc2)cc1. The lowest BCUT2D eigenvalue weighted by Gasteiger charge is -2.30. The van der Waals surface area contributed by atoms with Gasteiger partial charge in [-0.2, -0.15) is 4.80 Å². The number of nitrogens with zero attached hydrogens (tertiary/aromatic N) is 4. The normalized spacial score (nSPS) is 18.6. The molecule has 3 aromatic rings. The van der Waals surface area contributed by atoms with Gasteiger partial charge in [-0.3, -0.25) is 0 Å². The fraction of sp³-hybridized carbons (Fsp3) is 0.316. The zero-order valence-corrected chi connectivity index (χ0v) is 14.0. The molecule has 0 bridgehead atoms. The molecule has 1 N–H and O–H groups in total. The van der Waals surface area contributed by atoms with E-state index in [4.69, 9.17) is 4.74 Å². The van der Waals surface area contributed by atoms with Gasteiger partial charge < -0.3 is 10.1 Å². The van der Waals surface area contributed by atoms with Crippen molar-refractivity contribution < 1.29 is 4.74 Å². The lowest BCUT2D eigenvalue weighted by atomic mass is 9.87. The molecule has 0 saturated carbocycles. The van der Waals surface area contributed by atoms with Gasteiger partial charge in [0.05, 0.1) is 0 Å². The van der Waals surface area contributed by atoms with Crippen LogP contribution in [0.1, 0.15) is 24.4 Å². The second-order valence-electron chi connectivity index (χ2n) is 6.29. The highest BCUT2D eigenvalue weighted by atomic mass is 16.5. The topological polar surface area (TPSA) is 64.9 Å². The number of piperidine rings is 1. The maximum Gasteiger partial charge on any atom is 0.162 e. The molecule has 1 aliphatic heterocycles. The van der Waals surface area contributed by atoms with Crippen LogP contribution in [0.25, 0.3) is 0 Å². The van der Waals surface area contributed by atoms with Crippen LogP contribution in [-0.4, -0.2) is 33.3 Å². The summed E-state index contributed by atoms with van der Waals surface area (Å²) in [5.74, 6) is 2.10. The van der Waals surface area contributed by atoms with Gasteiger partial charge in [-0.1, -0.05) is 30.3 Å². The predicted octanol–water partition coefficient (Wildman–Crippen LogP) is 3.05. The molecule has 1 fully saturated rings. The molecule has 0 spiro atoms. The smallest absolute Gasteiger partial charge is 0.162 e. The van der Waals surface area contributed by atoms with Crippen LogP contribution in [0.2, 0.25) is 0 Å². The Morgan fingerprint density at radius 2 is 1.84 bits per heavy atom. The monoisotopic (exact) mass is 335 g/mol. The second kappa shape index (κ2) is 7.44. The number of benzene rings is 2. The fourth-order valence-electron chi connectivity index (χ4n) is 3.40. The Morgan fingerprint density at radius 1 is 1.04 bits per heavy atom. The van der Waals surface area contributed by atoms with Crippen molar-refractivity contribution >= 4 is 0 Å². The number of ether oxygens (including phenoxy) is 1. The molecule has 1 aromatic heterocycles. The van der Waals surface area contributed by atoms with Crippen molar-refractivity contribution in [2.24, 2.45) is 5.92 Å². The number of nitrogens with one attached hydrogen (secondary N) is 1. The van der Waals surface area contributed by atoms with E-state index in [2.05, 4.69) is 32.9 Å². The molecule has 2 heterocycles. The summed E-state index contributed by atoms with van der Waals surface area (Å²) in [7, 11) is 0. The Kier molecular flexibility index (Phi) is 4.70. The molecule has 0 radical (unpaired) electrons. The minimum atomic E-state index is 0.0843. The van der Waals surface area contributed by atoms with Gasteiger partial charge in [-0.05, 0) is 60.3 Å². The predicted molar refractivity (Wildman–Crippen MR) is 94.5 cm³/mol. The van der Waals surface area contributed by atoms with Crippen molar-refractivity contribution in [2.45, 2.75) is 18.9 Å². The fourth-order valence-corrected chi connectivity index (χ4v) is 3.40. The maximum absolute atomic E-state index is 5.89. The van der Waals surface area contributed by atoms with Crippen LogP contribution < -0.4 is 10.1 Å². The summed E-state index contributed by atoms with van der Waals surface area (Å²) in [6, 6.07) is 18.1. The lowest BCUT2D eigenvalue weighted by Crippen LogP contribution is -2.36. The molecule has 6 nitrogen and oxygen atoms in total. The van der Waals surface area contributed by atoms with Crippen LogP contribution >= 0.6 is 0 Å². The Labute approximate surface area is 146 Å². The summed E-state index contributed by atoms with van der Waals surface area (Å²) in [4.78, 5) is 1.73. The Morgan fingerprint density at radius 3 is 2.52 bits per heavy atom. The summed E-state index contributed by atoms with van der Waals surface area (Å²) in [5, 5.41) is 15.8. The molecule has 1 aliphatic rings. The van der Waals surface area contributed by atoms with Crippen LogP contribution in [-0.2, 0) is 0 Å². The van der Waals surface area contributed by atoms with E-state index < -0.39 is 0 Å². The maximum atomic E-state index is 5.89. The van der Waals surface area contributed by atoms with Gasteiger partial charge >= 0.3 is 0 Å². The van der Waals surface area contributed by atoms with Crippen molar-refractivity contribution in [3.8, 4) is 11.5 Å². The van der Waals surface area contributed by atoms with Gasteiger partial charge in [0.1, 0.15) is 17.5 Å². The molecule has 0 amide bonds. The average molecular weight is 335 g/mol. The van der Waals surface area contributed by atoms with Gasteiger partial charge in [-0.15, -0.1) is 10.2 Å². The first-order valence-corrected chi connectivity index (χ1v) is 8.66. The molecule has 1 unspecified atom stereocenters. The number of tetrazole rings is 1. The zero-order valence-electron chi connectivity index (χ0n) is 14.0. The molecule has 6 heteroatoms. The van der Waals surface area contributed by atoms with E-state index in [1.54, 1.807) is 4.80 Å². The van der Waals surface area contributed by atoms with Crippen molar-refractivity contribution in [3.05, 3.63) is 66.5 Å². The molecular formula is C19H21N5O. The van der Waals surface area contributed by atoms with E-state index in [-0.39, 0.29) is 6.04 Å². The van der Waals surface area contributed by atoms with E-state index in [9.17, 15) is 0 Å². The van der Waals surface area contributed by atoms with Gasteiger partial charge in [0, 0.05) is 6.54 Å². The number of hydrogen-bond acceptors (Lipinski definition) is 5. The summed E-state index contributed by atoms with van der Waals surface area (Å²) in [6.45, 7) is 2.05. The molecule has 2 atom stereocenters. The van der Waals surface area contributed by atoms with E-state index in [1.807, 2.05) is 42.5 Å². The first-order chi connectivity index (χ1) is 12.4. The van der Waals surface area contributed by atoms with E-state index >= 15 is 0 Å². The van der Waals surface area contributed by atoms with Crippen LogP contribution in [0.15, 0.2) is 60.9 Å². The molecular weight excluding hydrogens is 314 g/mol. The number of hydrogen-bond donors (Lipinski definition) is 1. The minimum absolute atomic E-state index is 0.0843. The van der Waals surface area contributed by atoms with Crippen molar-refractivity contribution in [2.75, 3.05) is 13.1 Å². The van der Waals surface area contributed by atoms with Crippen LogP contribution in [0.3, 0.4) is 0 Å². The van der Waals surface area contributed by atoms with E-state index in [0.717, 1.165) is 31.0 Å². The van der Waals surface area contributed by atoms with Gasteiger partial charge in [0.25, 0.3) is 0 Å². The number of para-hydroxylation sites is 1. The summed E-state index contributed by atoms with van der Waals surface area (Å²) in [6.07, 6.45) is 3.82. The molecule has 25 heavy (non-hydrogen) atoms. The lowest BCUT2D eigenvalue weighted by molar-refractivity contribution is 0.261. The zero-order chi connectivity index (χ0) is 16.9. The van der Waals surface area contributed by atoms with Crippen LogP contribution in [0.4, 0.5) is 0 Å². The molecule has 1 saturated heterocycles. The van der Waals surface area contributed by atoms with Crippen molar-refractivity contribution in [3.63, 3.8) is 0 Å². The van der Waals surface area contributed by atoms with Gasteiger partial charge in [0.2, 0.25) is 0 Å². The molecule has 4 rings (SSSR count). The molecule has 0 aliphatic carbocycles. The van der Waals surface area contributed by atoms with E-state index in [1.165, 1.54) is 18.3 Å². The second-order valence-corrected chi connectivity index (χ2v) is 6.29. The number of rotatable bonds is 5. The average Bonchev–Trinajstić information content (AvgIpc) is 3.19. The standard InChI is InChI=1S/C19H21N5O/c1-2-6-17(7-3-1)25-18-10-8-15(9-11-18)19(24-22-14-21-23-24)16-5-4-12-20-13-16/h1-3,6-11,14,16,19-20H,4-5,12-13H2/t16-,19?/m0/s1. The highest BCUT2D eigenvalue weighted by Crippen LogP contribution is 2.31. The quantitative estimate of drug-likeness (QED) is 0.776. The van der Waals surface area contributed by atoms with Crippen molar-refractivity contribution in [1.82, 2.24) is 25.5 Å². The highest BCUT2D eigenvalue weighted by Gasteiger charge is 2.28. The van der Waals surface area contributed by atoms with Crippen LogP contribution in [0, 0.1) is 5.92 Å². The first kappa shape index (κ1) is 15.8. The van der Waals surface area contributed by atoms with Crippen molar-refractivity contribution in [1.29, 1.82) is 0 Å². The summed E-state index contributed by atoms with van der Waals surface area (Å²) < 4.78 is 5.89. The van der Waals surface area contributed by atoms with E-state index in [0.29, 0.717) is 5.92 Å². The summed E-state index contributed by atoms with van der Waals surface area (Å²) in [5.41, 5.74) is 1.17. The largest absolute Gasteiger partial charge is 0.457 e. The van der Waals surface area contributed by atoms with Gasteiger partial charge in [0.15, 0.2) is 6.33 Å². The number of aromatic nitrogens is 4. The van der Waals surface area contributed by atoms with Gasteiger partial charge in [-0.25, -0.2) is 0 Å². The summed E-state index contributed by atoms with van der Waals surface area (Å²) >= 11 is 0.